The number of rotatable bonds is 9. The van der Waals surface area contributed by atoms with Gasteiger partial charge in [-0.3, -0.25) is 4.52 Å². The lowest BCUT2D eigenvalue weighted by Gasteiger charge is -2.33. The molecular formula is C34H38BN4O4P. The molecule has 1 saturated heterocycles. The molecule has 10 heteroatoms. The Morgan fingerprint density at radius 2 is 1.41 bits per heavy atom. The van der Waals surface area contributed by atoms with Crippen molar-refractivity contribution in [2.24, 2.45) is 5.92 Å². The zero-order valence-electron chi connectivity index (χ0n) is 26.0. The zero-order valence-corrected chi connectivity index (χ0v) is 26.9. The fourth-order valence-corrected chi connectivity index (χ4v) is 7.44. The van der Waals surface area contributed by atoms with Crippen molar-refractivity contribution in [3.8, 4) is 17.2 Å². The van der Waals surface area contributed by atoms with Crippen LogP contribution in [-0.2, 0) is 9.09 Å². The van der Waals surface area contributed by atoms with E-state index >= 15 is 0 Å². The third kappa shape index (κ3) is 6.40. The van der Waals surface area contributed by atoms with E-state index in [-0.39, 0.29) is 12.5 Å². The largest absolute Gasteiger partial charge is 0.587 e. The Labute approximate surface area is 260 Å². The van der Waals surface area contributed by atoms with Crippen molar-refractivity contribution in [2.45, 2.75) is 40.5 Å². The molecule has 0 atom stereocenters. The van der Waals surface area contributed by atoms with Crippen molar-refractivity contribution in [1.29, 1.82) is 0 Å². The summed E-state index contributed by atoms with van der Waals surface area (Å²) in [6.07, 6.45) is 3.90. The maximum absolute atomic E-state index is 13.8. The number of para-hydroxylation sites is 2. The van der Waals surface area contributed by atoms with Crippen molar-refractivity contribution in [3.63, 3.8) is 0 Å². The van der Waals surface area contributed by atoms with Crippen LogP contribution in [0.15, 0.2) is 79.0 Å². The van der Waals surface area contributed by atoms with Crippen LogP contribution >= 0.6 is 7.82 Å². The number of hydrogen-bond donors (Lipinski definition) is 0. The number of phosphoric ester groups is 1. The predicted octanol–water partition coefficient (Wildman–Crippen LogP) is 6.41. The molecule has 226 valence electrons. The molecule has 0 aliphatic carbocycles. The molecule has 2 aromatic heterocycles. The van der Waals surface area contributed by atoms with Gasteiger partial charge in [0, 0.05) is 19.3 Å². The lowest BCUT2D eigenvalue weighted by atomic mass is 9.91. The van der Waals surface area contributed by atoms with Crippen molar-refractivity contribution in [2.75, 3.05) is 24.6 Å². The average Bonchev–Trinajstić information content (AvgIpc) is 3.31. The summed E-state index contributed by atoms with van der Waals surface area (Å²) in [5.41, 5.74) is 6.96. The van der Waals surface area contributed by atoms with E-state index in [9.17, 15) is 4.57 Å². The first kappa shape index (κ1) is 30.0. The minimum absolute atomic E-state index is 0.195. The third-order valence-corrected chi connectivity index (χ3v) is 9.44. The Kier molecular flexibility index (Phi) is 8.52. The van der Waals surface area contributed by atoms with Crippen LogP contribution in [0.25, 0.3) is 16.7 Å². The van der Waals surface area contributed by atoms with Gasteiger partial charge in [-0.05, 0) is 87.4 Å². The second kappa shape index (κ2) is 12.5. The minimum atomic E-state index is -3.92. The van der Waals surface area contributed by atoms with E-state index in [1.165, 1.54) is 22.3 Å². The van der Waals surface area contributed by atoms with Gasteiger partial charge in [0.05, 0.1) is 17.7 Å². The average molecular weight is 608 g/mol. The van der Waals surface area contributed by atoms with Gasteiger partial charge in [-0.15, -0.1) is 0 Å². The number of fused-ring (bicyclic) bond motifs is 1. The van der Waals surface area contributed by atoms with Crippen LogP contribution in [0.4, 0.5) is 5.82 Å². The monoisotopic (exact) mass is 608 g/mol. The molecule has 3 aromatic carbocycles. The molecule has 6 rings (SSSR count). The molecule has 0 spiro atoms. The van der Waals surface area contributed by atoms with Gasteiger partial charge in [0.2, 0.25) is 0 Å². The summed E-state index contributed by atoms with van der Waals surface area (Å²) in [6.45, 7) is 10.3. The van der Waals surface area contributed by atoms with Crippen LogP contribution in [0.3, 0.4) is 0 Å². The van der Waals surface area contributed by atoms with Crippen molar-refractivity contribution >= 4 is 38.0 Å². The second-order valence-corrected chi connectivity index (χ2v) is 13.2. The smallest absolute Gasteiger partial charge is 0.395 e. The molecule has 8 nitrogen and oxygen atoms in total. The Morgan fingerprint density at radius 3 is 1.98 bits per heavy atom. The highest BCUT2D eigenvalue weighted by molar-refractivity contribution is 7.49. The number of phosphoric acid groups is 1. The number of hydrogen-bond acceptors (Lipinski definition) is 7. The molecule has 1 aliphatic rings. The van der Waals surface area contributed by atoms with Crippen LogP contribution in [0.2, 0.25) is 0 Å². The fraction of sp³-hybridized carbons (Fsp3) is 0.294. The Morgan fingerprint density at radius 1 is 0.841 bits per heavy atom. The van der Waals surface area contributed by atoms with E-state index in [0.29, 0.717) is 11.5 Å². The Hall–Kier alpha value is -4.07. The van der Waals surface area contributed by atoms with Crippen molar-refractivity contribution < 1.29 is 18.1 Å². The van der Waals surface area contributed by atoms with Crippen molar-refractivity contribution in [1.82, 2.24) is 14.5 Å². The van der Waals surface area contributed by atoms with Gasteiger partial charge in [0.15, 0.2) is 5.65 Å². The van der Waals surface area contributed by atoms with E-state index in [1.807, 2.05) is 43.3 Å². The van der Waals surface area contributed by atoms with Crippen LogP contribution in [-0.4, -0.2) is 42.1 Å². The van der Waals surface area contributed by atoms with Gasteiger partial charge in [-0.25, -0.2) is 14.5 Å². The predicted molar refractivity (Wildman–Crippen MR) is 179 cm³/mol. The number of aromatic nitrogens is 3. The first-order valence-electron chi connectivity index (χ1n) is 15.1. The second-order valence-electron chi connectivity index (χ2n) is 11.7. The summed E-state index contributed by atoms with van der Waals surface area (Å²) in [4.78, 5) is 12.2. The highest BCUT2D eigenvalue weighted by Gasteiger charge is 2.33. The summed E-state index contributed by atoms with van der Waals surface area (Å²) in [5.74, 6) is 2.78. The van der Waals surface area contributed by atoms with E-state index in [0.717, 1.165) is 54.2 Å². The lowest BCUT2D eigenvalue weighted by Crippen LogP contribution is -2.36. The molecule has 0 bridgehead atoms. The molecule has 1 aliphatic heterocycles. The summed E-state index contributed by atoms with van der Waals surface area (Å²) in [7, 11) is -1.79. The lowest BCUT2D eigenvalue weighted by molar-refractivity contribution is 0.165. The fourth-order valence-electron chi connectivity index (χ4n) is 6.14. The van der Waals surface area contributed by atoms with Gasteiger partial charge >= 0.3 is 7.82 Å². The highest BCUT2D eigenvalue weighted by atomic mass is 31.2. The molecule has 3 heterocycles. The van der Waals surface area contributed by atoms with E-state index in [4.69, 9.17) is 23.5 Å². The number of anilines is 1. The molecular weight excluding hydrogens is 570 g/mol. The van der Waals surface area contributed by atoms with Crippen LogP contribution in [0.1, 0.15) is 35.4 Å². The number of piperidine rings is 1. The SMILES string of the molecule is Bc1cc(C)c(-n2cc(C)c3c(N4CCC(COP(=O)(Oc5ccccc5)Oc5ccccc5)CC4)nc(C)nc32)c(C)c1. The molecule has 0 N–H and O–H groups in total. The highest BCUT2D eigenvalue weighted by Crippen LogP contribution is 2.50. The molecule has 0 unspecified atom stereocenters. The standard InChI is InChI=1S/C34H38BN4O4P/c1-23-19-28(35)20-24(2)32(23)39-21-25(3)31-33(36-26(4)37-34(31)39)38-17-15-27(16-18-38)22-41-44(40,42-29-11-7-5-8-12-29)43-30-13-9-6-10-14-30/h5-14,19-21,27H,15-18,22,35H2,1-4H3. The molecule has 1 fully saturated rings. The Bertz CT molecular complexity index is 1750. The summed E-state index contributed by atoms with van der Waals surface area (Å²) >= 11 is 0. The van der Waals surface area contributed by atoms with E-state index in [2.05, 4.69) is 56.4 Å². The molecule has 44 heavy (non-hydrogen) atoms. The summed E-state index contributed by atoms with van der Waals surface area (Å²) in [6, 6.07) is 22.4. The number of aryl methyl sites for hydroxylation is 4. The van der Waals surface area contributed by atoms with Crippen LogP contribution in [0, 0.1) is 33.6 Å². The summed E-state index contributed by atoms with van der Waals surface area (Å²) in [5, 5.41) is 1.08. The molecule has 5 aromatic rings. The van der Waals surface area contributed by atoms with E-state index in [1.54, 1.807) is 24.3 Å². The summed E-state index contributed by atoms with van der Waals surface area (Å²) < 4.78 is 33.6. The van der Waals surface area contributed by atoms with Crippen LogP contribution in [0.5, 0.6) is 11.5 Å². The molecule has 0 saturated carbocycles. The maximum atomic E-state index is 13.8. The zero-order chi connectivity index (χ0) is 30.8. The molecule has 0 amide bonds. The number of nitrogens with zero attached hydrogens (tertiary/aromatic N) is 4. The van der Waals surface area contributed by atoms with Gasteiger partial charge in [-0.2, -0.15) is 0 Å². The van der Waals surface area contributed by atoms with Crippen molar-refractivity contribution in [3.05, 3.63) is 102 Å². The van der Waals surface area contributed by atoms with Gasteiger partial charge in [0.1, 0.15) is 31.0 Å². The maximum Gasteiger partial charge on any atom is 0.587 e. The van der Waals surface area contributed by atoms with E-state index < -0.39 is 7.82 Å². The quantitative estimate of drug-likeness (QED) is 0.141. The topological polar surface area (TPSA) is 78.7 Å². The van der Waals surface area contributed by atoms with Gasteiger partial charge in [-0.1, -0.05) is 54.0 Å². The van der Waals surface area contributed by atoms with Gasteiger partial charge in [0.25, 0.3) is 0 Å². The van der Waals surface area contributed by atoms with Gasteiger partial charge < -0.3 is 18.5 Å². The van der Waals surface area contributed by atoms with Crippen LogP contribution < -0.4 is 19.4 Å². The first-order chi connectivity index (χ1) is 21.2. The molecule has 0 radical (unpaired) electrons. The number of benzene rings is 3. The first-order valence-corrected chi connectivity index (χ1v) is 16.6. The normalized spacial score (nSPS) is 14.2. The third-order valence-electron chi connectivity index (χ3n) is 8.11. The Balaban J connectivity index is 1.19. The minimum Gasteiger partial charge on any atom is -0.395 e.